The maximum atomic E-state index is 9.25. The summed E-state index contributed by atoms with van der Waals surface area (Å²) in [6, 6.07) is 1.84. The van der Waals surface area contributed by atoms with Crippen LogP contribution in [0.25, 0.3) is 0 Å². The minimum atomic E-state index is -2.30. The first-order chi connectivity index (χ1) is 13.6. The van der Waals surface area contributed by atoms with E-state index < -0.39 is 17.1 Å². The molecule has 0 spiro atoms. The van der Waals surface area contributed by atoms with Crippen molar-refractivity contribution in [2.75, 3.05) is 45.4 Å². The lowest BCUT2D eigenvalue weighted by Crippen LogP contribution is -2.43. The van der Waals surface area contributed by atoms with E-state index in [4.69, 9.17) is 17.7 Å². The van der Waals surface area contributed by atoms with Gasteiger partial charge in [0.05, 0.1) is 0 Å². The van der Waals surface area contributed by atoms with E-state index in [2.05, 4.69) is 39.6 Å². The van der Waals surface area contributed by atoms with Crippen LogP contribution in [0.15, 0.2) is 0 Å². The Balaban J connectivity index is 4.61. The van der Waals surface area contributed by atoms with Crippen LogP contribution >= 0.6 is 12.6 Å². The fraction of sp³-hybridized carbons (Fsp3) is 1.00. The van der Waals surface area contributed by atoms with Crippen LogP contribution in [-0.4, -0.2) is 72.7 Å². The van der Waals surface area contributed by atoms with Crippen molar-refractivity contribution in [2.24, 2.45) is 17.8 Å². The highest BCUT2D eigenvalue weighted by atomic mass is 32.1. The Hall–Kier alpha value is 0.544. The Morgan fingerprint density at radius 3 is 1.45 bits per heavy atom. The predicted octanol–water partition coefficient (Wildman–Crippen LogP) is 3.82. The molecule has 0 radical (unpaired) electrons. The largest absolute Gasteiger partial charge is 0.396 e. The van der Waals surface area contributed by atoms with E-state index in [9.17, 15) is 10.2 Å². The summed E-state index contributed by atoms with van der Waals surface area (Å²) in [4.78, 5) is 0. The Kier molecular flexibility index (Phi) is 16.5. The van der Waals surface area contributed by atoms with Crippen LogP contribution in [0.4, 0.5) is 0 Å². The van der Waals surface area contributed by atoms with Gasteiger partial charge < -0.3 is 27.9 Å². The molecule has 0 fully saturated rings. The Morgan fingerprint density at radius 2 is 1.10 bits per heavy atom. The maximum absolute atomic E-state index is 9.25. The number of thiol groups is 1. The van der Waals surface area contributed by atoms with Gasteiger partial charge in [0.1, 0.15) is 0 Å². The summed E-state index contributed by atoms with van der Waals surface area (Å²) in [5, 5.41) is 18.5. The molecule has 6 nitrogen and oxygen atoms in total. The highest BCUT2D eigenvalue weighted by Crippen LogP contribution is 2.21. The van der Waals surface area contributed by atoms with Crippen molar-refractivity contribution in [1.29, 1.82) is 0 Å². The van der Waals surface area contributed by atoms with Gasteiger partial charge in [-0.15, -0.1) is 0 Å². The van der Waals surface area contributed by atoms with E-state index in [1.54, 1.807) is 0 Å². The molecule has 0 rings (SSSR count). The topological polar surface area (TPSA) is 77.4 Å². The first-order valence-corrected chi connectivity index (χ1v) is 16.7. The van der Waals surface area contributed by atoms with Crippen LogP contribution in [0.1, 0.15) is 40.5 Å². The minimum Gasteiger partial charge on any atom is -0.396 e. The second-order valence-corrected chi connectivity index (χ2v) is 15.9. The van der Waals surface area contributed by atoms with Crippen molar-refractivity contribution in [2.45, 2.75) is 65.7 Å². The van der Waals surface area contributed by atoms with Gasteiger partial charge in [-0.2, -0.15) is 12.6 Å². The number of aliphatic hydroxyl groups excluding tert-OH is 2. The molecule has 0 saturated carbocycles. The van der Waals surface area contributed by atoms with Crippen molar-refractivity contribution in [3.8, 4) is 0 Å². The molecular weight excluding hydrogens is 424 g/mol. The Morgan fingerprint density at radius 1 is 0.724 bits per heavy atom. The molecule has 0 aliphatic heterocycles. The molecule has 0 aromatic rings. The fourth-order valence-corrected chi connectivity index (χ4v) is 8.13. The standard InChI is InChI=1S/C20H46O6SSi2/c1-7-10-28(5,23-14-18(2)12-21)25-16-20(4)17-26-29(6,11-8-9-27)24-15-19(3)13-22/h18-22,27H,7-17H2,1-6H3. The van der Waals surface area contributed by atoms with Gasteiger partial charge >= 0.3 is 17.1 Å². The van der Waals surface area contributed by atoms with E-state index in [-0.39, 0.29) is 31.0 Å². The molecule has 29 heavy (non-hydrogen) atoms. The number of hydrogen-bond donors (Lipinski definition) is 3. The molecule has 5 unspecified atom stereocenters. The molecule has 0 amide bonds. The van der Waals surface area contributed by atoms with E-state index in [0.717, 1.165) is 30.7 Å². The van der Waals surface area contributed by atoms with Crippen molar-refractivity contribution in [3.05, 3.63) is 0 Å². The van der Waals surface area contributed by atoms with Gasteiger partial charge in [-0.3, -0.25) is 0 Å². The third-order valence-electron chi connectivity index (χ3n) is 4.81. The first kappa shape index (κ1) is 29.5. The molecular formula is C20H46O6SSi2. The monoisotopic (exact) mass is 470 g/mol. The zero-order chi connectivity index (χ0) is 22.3. The molecule has 9 heteroatoms. The molecule has 0 bridgehead atoms. The highest BCUT2D eigenvalue weighted by molar-refractivity contribution is 7.80. The molecule has 0 aromatic carbocycles. The van der Waals surface area contributed by atoms with Crippen LogP contribution < -0.4 is 0 Å². The molecule has 0 aromatic heterocycles. The highest BCUT2D eigenvalue weighted by Gasteiger charge is 2.34. The summed E-state index contributed by atoms with van der Waals surface area (Å²) < 4.78 is 24.8. The van der Waals surface area contributed by atoms with Gasteiger partial charge in [-0.05, 0) is 37.4 Å². The van der Waals surface area contributed by atoms with Crippen molar-refractivity contribution < 1.29 is 27.9 Å². The lowest BCUT2D eigenvalue weighted by Gasteiger charge is -2.31. The van der Waals surface area contributed by atoms with Gasteiger partial charge in [0.25, 0.3) is 0 Å². The van der Waals surface area contributed by atoms with Gasteiger partial charge in [0, 0.05) is 57.4 Å². The lowest BCUT2D eigenvalue weighted by atomic mass is 10.2. The third-order valence-corrected chi connectivity index (χ3v) is 10.9. The molecule has 5 atom stereocenters. The third kappa shape index (κ3) is 14.3. The number of aliphatic hydroxyl groups is 2. The van der Waals surface area contributed by atoms with E-state index in [1.165, 1.54) is 0 Å². The summed E-state index contributed by atoms with van der Waals surface area (Å²) in [5.74, 6) is 1.29. The summed E-state index contributed by atoms with van der Waals surface area (Å²) in [5.41, 5.74) is 0. The molecule has 176 valence electrons. The van der Waals surface area contributed by atoms with E-state index >= 15 is 0 Å². The van der Waals surface area contributed by atoms with Crippen LogP contribution in [-0.2, 0) is 17.7 Å². The van der Waals surface area contributed by atoms with Crippen LogP contribution in [0.2, 0.25) is 25.2 Å². The predicted molar refractivity (Wildman–Crippen MR) is 127 cm³/mol. The zero-order valence-corrected chi connectivity index (χ0v) is 22.4. The number of hydrogen-bond acceptors (Lipinski definition) is 7. The minimum absolute atomic E-state index is 0.112. The molecule has 0 aliphatic rings. The first-order valence-electron chi connectivity index (χ1n) is 11.0. The lowest BCUT2D eigenvalue weighted by molar-refractivity contribution is 0.0871. The van der Waals surface area contributed by atoms with Crippen LogP contribution in [0.5, 0.6) is 0 Å². The van der Waals surface area contributed by atoms with E-state index in [1.807, 2.05) is 13.8 Å². The summed E-state index contributed by atoms with van der Waals surface area (Å²) in [6.45, 7) is 14.9. The molecule has 2 N–H and O–H groups in total. The Labute approximate surface area is 186 Å². The van der Waals surface area contributed by atoms with Gasteiger partial charge in [-0.1, -0.05) is 34.1 Å². The zero-order valence-electron chi connectivity index (χ0n) is 19.5. The average molecular weight is 471 g/mol. The van der Waals surface area contributed by atoms with Gasteiger partial charge in [0.2, 0.25) is 0 Å². The second-order valence-electron chi connectivity index (χ2n) is 8.77. The normalized spacial score (nSPS) is 19.3. The summed E-state index contributed by atoms with van der Waals surface area (Å²) in [6.07, 6.45) is 1.98. The SMILES string of the molecule is CCC[Si](C)(OCC(C)CO)OCC(C)CO[Si](C)(CCCS)OCC(C)CO. The van der Waals surface area contributed by atoms with Gasteiger partial charge in [0.15, 0.2) is 0 Å². The molecule has 0 aliphatic carbocycles. The average Bonchev–Trinajstić information content (AvgIpc) is 2.71. The smallest absolute Gasteiger partial charge is 0.334 e. The van der Waals surface area contributed by atoms with Crippen molar-refractivity contribution >= 4 is 29.8 Å². The van der Waals surface area contributed by atoms with Crippen molar-refractivity contribution in [3.63, 3.8) is 0 Å². The van der Waals surface area contributed by atoms with Crippen molar-refractivity contribution in [1.82, 2.24) is 0 Å². The van der Waals surface area contributed by atoms with Crippen LogP contribution in [0.3, 0.4) is 0 Å². The van der Waals surface area contributed by atoms with Gasteiger partial charge in [-0.25, -0.2) is 0 Å². The summed E-state index contributed by atoms with van der Waals surface area (Å²) >= 11 is 4.32. The fourth-order valence-electron chi connectivity index (χ4n) is 2.65. The summed E-state index contributed by atoms with van der Waals surface area (Å²) in [7, 11) is -4.55. The van der Waals surface area contributed by atoms with E-state index in [0.29, 0.717) is 26.4 Å². The quantitative estimate of drug-likeness (QED) is 0.197. The Bertz CT molecular complexity index is 409. The second kappa shape index (κ2) is 16.2. The molecule has 0 saturated heterocycles. The van der Waals surface area contributed by atoms with Crippen LogP contribution in [0, 0.1) is 17.8 Å². The maximum Gasteiger partial charge on any atom is 0.334 e. The molecule has 0 heterocycles. The number of rotatable bonds is 19.